The Morgan fingerprint density at radius 1 is 1.44 bits per heavy atom. The van der Waals surface area contributed by atoms with Crippen LogP contribution in [-0.4, -0.2) is 51.0 Å². The number of hydrogen-bond acceptors (Lipinski definition) is 4. The van der Waals surface area contributed by atoms with Crippen LogP contribution in [0.4, 0.5) is 0 Å². The summed E-state index contributed by atoms with van der Waals surface area (Å²) in [5, 5.41) is 9.69. The van der Waals surface area contributed by atoms with E-state index in [1.807, 2.05) is 9.21 Å². The summed E-state index contributed by atoms with van der Waals surface area (Å²) < 4.78 is 1.99. The van der Waals surface area contributed by atoms with Gasteiger partial charge in [-0.05, 0) is 26.7 Å². The lowest BCUT2D eigenvalue weighted by Crippen LogP contribution is -2.55. The van der Waals surface area contributed by atoms with Crippen LogP contribution in [0.25, 0.3) is 0 Å². The van der Waals surface area contributed by atoms with Crippen LogP contribution >= 0.6 is 12.8 Å². The molecule has 4 nitrogen and oxygen atoms in total. The largest absolute Gasteiger partial charge is 0.390 e. The van der Waals surface area contributed by atoms with Crippen LogP contribution in [0.5, 0.6) is 0 Å². The van der Waals surface area contributed by atoms with Crippen LogP contribution in [0, 0.1) is 0 Å². The summed E-state index contributed by atoms with van der Waals surface area (Å²) in [4.78, 5) is 14.1. The standard InChI is InChI=1S/C11H20N2O2S/c1-10(2,15)7-9(14)13-6-5-12(16)8-11(13)3-4-11/h15-16H,3-8H2,1-2H3. The molecule has 0 aromatic carbocycles. The van der Waals surface area contributed by atoms with Crippen molar-refractivity contribution in [2.75, 3.05) is 19.6 Å². The molecule has 2 rings (SSSR count). The Hall–Kier alpha value is -0.260. The third-order valence-corrected chi connectivity index (χ3v) is 3.68. The van der Waals surface area contributed by atoms with Crippen molar-refractivity contribution in [1.29, 1.82) is 0 Å². The highest BCUT2D eigenvalue weighted by atomic mass is 32.1. The van der Waals surface area contributed by atoms with Gasteiger partial charge in [0.05, 0.1) is 17.6 Å². The molecule has 1 aliphatic carbocycles. The van der Waals surface area contributed by atoms with Crippen molar-refractivity contribution in [2.24, 2.45) is 0 Å². The van der Waals surface area contributed by atoms with Gasteiger partial charge in [-0.25, -0.2) is 4.31 Å². The SMILES string of the molecule is CC(C)(O)CC(=O)N1CCN(S)CC12CC2. The van der Waals surface area contributed by atoms with Crippen LogP contribution in [0.3, 0.4) is 0 Å². The lowest BCUT2D eigenvalue weighted by atomic mass is 10.0. The van der Waals surface area contributed by atoms with Gasteiger partial charge in [0.25, 0.3) is 0 Å². The van der Waals surface area contributed by atoms with E-state index in [-0.39, 0.29) is 17.9 Å². The fourth-order valence-corrected chi connectivity index (χ4v) is 2.74. The fourth-order valence-electron chi connectivity index (χ4n) is 2.38. The summed E-state index contributed by atoms with van der Waals surface area (Å²) in [6, 6.07) is 0. The molecule has 0 atom stereocenters. The van der Waals surface area contributed by atoms with Crippen LogP contribution in [-0.2, 0) is 4.79 Å². The molecule has 0 unspecified atom stereocenters. The first kappa shape index (κ1) is 12.2. The molecule has 16 heavy (non-hydrogen) atoms. The topological polar surface area (TPSA) is 43.8 Å². The monoisotopic (exact) mass is 244 g/mol. The third-order valence-electron chi connectivity index (χ3n) is 3.34. The molecule has 1 saturated heterocycles. The number of carbonyl (C=O) groups excluding carboxylic acids is 1. The van der Waals surface area contributed by atoms with E-state index >= 15 is 0 Å². The van der Waals surface area contributed by atoms with E-state index in [2.05, 4.69) is 12.8 Å². The van der Waals surface area contributed by atoms with Gasteiger partial charge in [0.2, 0.25) is 5.91 Å². The van der Waals surface area contributed by atoms with E-state index < -0.39 is 5.60 Å². The number of rotatable bonds is 2. The summed E-state index contributed by atoms with van der Waals surface area (Å²) in [7, 11) is 0. The second kappa shape index (κ2) is 3.89. The van der Waals surface area contributed by atoms with Crippen LogP contribution in [0.2, 0.25) is 0 Å². The molecule has 2 fully saturated rings. The number of piperazine rings is 1. The lowest BCUT2D eigenvalue weighted by Gasteiger charge is -2.41. The van der Waals surface area contributed by atoms with Gasteiger partial charge >= 0.3 is 0 Å². The van der Waals surface area contributed by atoms with Crippen molar-refractivity contribution >= 4 is 18.7 Å². The first-order chi connectivity index (χ1) is 7.32. The molecule has 0 radical (unpaired) electrons. The Balaban J connectivity index is 2.01. The Bertz CT molecular complexity index is 297. The van der Waals surface area contributed by atoms with E-state index in [9.17, 15) is 9.90 Å². The van der Waals surface area contributed by atoms with Crippen molar-refractivity contribution in [3.63, 3.8) is 0 Å². The smallest absolute Gasteiger partial charge is 0.225 e. The average Bonchev–Trinajstić information content (AvgIpc) is 2.81. The molecule has 0 aromatic heterocycles. The van der Waals surface area contributed by atoms with Crippen molar-refractivity contribution < 1.29 is 9.90 Å². The Morgan fingerprint density at radius 3 is 2.56 bits per heavy atom. The summed E-state index contributed by atoms with van der Waals surface area (Å²) in [5.74, 6) is 0.0754. The molecule has 1 aliphatic heterocycles. The summed E-state index contributed by atoms with van der Waals surface area (Å²) >= 11 is 4.36. The molecule has 0 bridgehead atoms. The molecule has 1 spiro atoms. The number of carbonyl (C=O) groups is 1. The third kappa shape index (κ3) is 2.52. The van der Waals surface area contributed by atoms with Gasteiger partial charge in [-0.15, -0.1) is 0 Å². The van der Waals surface area contributed by atoms with Crippen LogP contribution < -0.4 is 0 Å². The minimum atomic E-state index is -0.911. The highest BCUT2D eigenvalue weighted by molar-refractivity contribution is 7.77. The first-order valence-electron chi connectivity index (χ1n) is 5.79. The van der Waals surface area contributed by atoms with Crippen molar-refractivity contribution in [1.82, 2.24) is 9.21 Å². The second-order valence-electron chi connectivity index (χ2n) is 5.65. The van der Waals surface area contributed by atoms with E-state index in [1.165, 1.54) is 0 Å². The molecule has 2 aliphatic rings. The number of amides is 1. The molecular formula is C11H20N2O2S. The molecule has 1 heterocycles. The van der Waals surface area contributed by atoms with Crippen molar-refractivity contribution in [3.05, 3.63) is 0 Å². The van der Waals surface area contributed by atoms with Gasteiger partial charge in [-0.1, -0.05) is 12.8 Å². The second-order valence-corrected chi connectivity index (χ2v) is 6.21. The van der Waals surface area contributed by atoms with Gasteiger partial charge < -0.3 is 10.0 Å². The normalized spacial score (nSPS) is 24.9. The van der Waals surface area contributed by atoms with E-state index in [0.29, 0.717) is 0 Å². The van der Waals surface area contributed by atoms with Gasteiger partial charge in [0.15, 0.2) is 0 Å². The van der Waals surface area contributed by atoms with Crippen molar-refractivity contribution in [2.45, 2.75) is 44.2 Å². The van der Waals surface area contributed by atoms with Gasteiger partial charge in [0, 0.05) is 19.6 Å². The number of thiol groups is 1. The fraction of sp³-hybridized carbons (Fsp3) is 0.909. The average molecular weight is 244 g/mol. The Morgan fingerprint density at radius 2 is 2.06 bits per heavy atom. The summed E-state index contributed by atoms with van der Waals surface area (Å²) in [5.41, 5.74) is -0.881. The number of nitrogens with zero attached hydrogens (tertiary/aromatic N) is 2. The van der Waals surface area contributed by atoms with Crippen LogP contribution in [0.1, 0.15) is 33.1 Å². The number of hydrogen-bond donors (Lipinski definition) is 2. The maximum absolute atomic E-state index is 12.1. The summed E-state index contributed by atoms with van der Waals surface area (Å²) in [6.45, 7) is 5.76. The molecule has 1 saturated carbocycles. The van der Waals surface area contributed by atoms with Gasteiger partial charge in [-0.2, -0.15) is 0 Å². The quantitative estimate of drug-likeness (QED) is 0.702. The highest BCUT2D eigenvalue weighted by Crippen LogP contribution is 2.45. The minimum Gasteiger partial charge on any atom is -0.390 e. The maximum Gasteiger partial charge on any atom is 0.225 e. The maximum atomic E-state index is 12.1. The molecule has 1 N–H and O–H groups in total. The Kier molecular flexibility index (Phi) is 2.97. The molecule has 5 heteroatoms. The zero-order valence-corrected chi connectivity index (χ0v) is 10.8. The summed E-state index contributed by atoms with van der Waals surface area (Å²) in [6.07, 6.45) is 2.35. The number of aliphatic hydroxyl groups is 1. The highest BCUT2D eigenvalue weighted by Gasteiger charge is 2.52. The molecule has 92 valence electrons. The lowest BCUT2D eigenvalue weighted by molar-refractivity contribution is -0.140. The Labute approximate surface area is 102 Å². The molecule has 1 amide bonds. The van der Waals surface area contributed by atoms with E-state index in [4.69, 9.17) is 0 Å². The minimum absolute atomic E-state index is 0.0301. The van der Waals surface area contributed by atoms with Crippen LogP contribution in [0.15, 0.2) is 0 Å². The van der Waals surface area contributed by atoms with E-state index in [1.54, 1.807) is 13.8 Å². The first-order valence-corrected chi connectivity index (χ1v) is 6.19. The van der Waals surface area contributed by atoms with E-state index in [0.717, 1.165) is 32.5 Å². The zero-order chi connectivity index (χ0) is 12.0. The van der Waals surface area contributed by atoms with Gasteiger partial charge in [-0.3, -0.25) is 4.79 Å². The molecule has 0 aromatic rings. The predicted octanol–water partition coefficient (Wildman–Crippen LogP) is 0.669. The zero-order valence-electron chi connectivity index (χ0n) is 9.94. The predicted molar refractivity (Wildman–Crippen MR) is 65.2 cm³/mol. The molecular weight excluding hydrogens is 224 g/mol. The van der Waals surface area contributed by atoms with Gasteiger partial charge in [0.1, 0.15) is 0 Å². The van der Waals surface area contributed by atoms with Crippen molar-refractivity contribution in [3.8, 4) is 0 Å².